The summed E-state index contributed by atoms with van der Waals surface area (Å²) in [5.41, 5.74) is 0.875. The monoisotopic (exact) mass is 232 g/mol. The van der Waals surface area contributed by atoms with Gasteiger partial charge in [-0.3, -0.25) is 0 Å². The van der Waals surface area contributed by atoms with E-state index < -0.39 is 0 Å². The van der Waals surface area contributed by atoms with Gasteiger partial charge in [-0.15, -0.1) is 0 Å². The maximum absolute atomic E-state index is 5.73. The molecule has 4 heteroatoms. The Labute approximate surface area is 78.2 Å². The number of hydrogen-bond donors (Lipinski definition) is 1. The van der Waals surface area contributed by atoms with E-state index in [4.69, 9.17) is 17.4 Å². The summed E-state index contributed by atoms with van der Waals surface area (Å²) in [5.74, 6) is 4.99. The van der Waals surface area contributed by atoms with Gasteiger partial charge >= 0.3 is 0 Å². The Balaban J connectivity index is 3.12. The lowest BCUT2D eigenvalue weighted by Crippen LogP contribution is -1.87. The predicted octanol–water partition coefficient (Wildman–Crippen LogP) is 2.40. The molecular formula is C7H6BrClN2. The first kappa shape index (κ1) is 8.56. The molecule has 0 aromatic heterocycles. The fourth-order valence-electron chi connectivity index (χ4n) is 0.694. The minimum atomic E-state index is 0.670. The van der Waals surface area contributed by atoms with Crippen molar-refractivity contribution in [3.05, 3.63) is 33.3 Å². The molecule has 0 unspecified atom stereocenters. The van der Waals surface area contributed by atoms with E-state index in [1.807, 2.05) is 6.07 Å². The normalized spacial score (nSPS) is 10.7. The van der Waals surface area contributed by atoms with Gasteiger partial charge < -0.3 is 5.84 Å². The van der Waals surface area contributed by atoms with Crippen LogP contribution in [-0.2, 0) is 0 Å². The highest BCUT2D eigenvalue weighted by atomic mass is 79.9. The minimum absolute atomic E-state index is 0.670. The van der Waals surface area contributed by atoms with Crippen LogP contribution in [0.25, 0.3) is 0 Å². The maximum atomic E-state index is 5.73. The molecule has 0 radical (unpaired) electrons. The number of hydrazone groups is 1. The summed E-state index contributed by atoms with van der Waals surface area (Å²) < 4.78 is 0.927. The van der Waals surface area contributed by atoms with E-state index in [1.165, 1.54) is 6.21 Å². The van der Waals surface area contributed by atoms with Crippen LogP contribution in [0.2, 0.25) is 5.02 Å². The van der Waals surface area contributed by atoms with Gasteiger partial charge in [0.05, 0.1) is 6.21 Å². The number of halogens is 2. The molecule has 0 atom stereocenters. The quantitative estimate of drug-likeness (QED) is 0.451. The molecule has 2 N–H and O–H groups in total. The van der Waals surface area contributed by atoms with Crippen molar-refractivity contribution in [1.29, 1.82) is 0 Å². The van der Waals surface area contributed by atoms with Gasteiger partial charge in [-0.25, -0.2) is 0 Å². The second-order valence-corrected chi connectivity index (χ2v) is 3.23. The predicted molar refractivity (Wildman–Crippen MR) is 50.9 cm³/mol. The highest BCUT2D eigenvalue weighted by Gasteiger charge is 1.96. The van der Waals surface area contributed by atoms with Crippen molar-refractivity contribution < 1.29 is 0 Å². The Kier molecular flexibility index (Phi) is 2.91. The van der Waals surface area contributed by atoms with Crippen molar-refractivity contribution in [2.75, 3.05) is 0 Å². The van der Waals surface area contributed by atoms with Crippen molar-refractivity contribution in [1.82, 2.24) is 0 Å². The summed E-state index contributed by atoms with van der Waals surface area (Å²) in [5, 5.41) is 4.06. The average Bonchev–Trinajstić information content (AvgIpc) is 1.98. The third-order valence-electron chi connectivity index (χ3n) is 1.17. The Bertz CT molecular complexity index is 286. The second kappa shape index (κ2) is 3.74. The van der Waals surface area contributed by atoms with Gasteiger partial charge in [0.25, 0.3) is 0 Å². The van der Waals surface area contributed by atoms with Gasteiger partial charge in [0.15, 0.2) is 0 Å². The second-order valence-electron chi connectivity index (χ2n) is 1.94. The van der Waals surface area contributed by atoms with E-state index in [9.17, 15) is 0 Å². The van der Waals surface area contributed by atoms with E-state index >= 15 is 0 Å². The molecule has 0 aliphatic heterocycles. The first-order valence-corrected chi connectivity index (χ1v) is 4.09. The Morgan fingerprint density at radius 3 is 2.91 bits per heavy atom. The number of rotatable bonds is 1. The molecule has 1 aromatic carbocycles. The van der Waals surface area contributed by atoms with Crippen molar-refractivity contribution in [2.24, 2.45) is 10.9 Å². The Morgan fingerprint density at radius 1 is 1.55 bits per heavy atom. The zero-order valence-electron chi connectivity index (χ0n) is 5.59. The van der Waals surface area contributed by atoms with Crippen LogP contribution in [0.4, 0.5) is 0 Å². The number of nitrogens with zero attached hydrogens (tertiary/aromatic N) is 1. The molecule has 0 saturated carbocycles. The van der Waals surface area contributed by atoms with Crippen molar-refractivity contribution in [3.63, 3.8) is 0 Å². The zero-order valence-corrected chi connectivity index (χ0v) is 7.93. The Morgan fingerprint density at radius 2 is 2.27 bits per heavy atom. The van der Waals surface area contributed by atoms with Gasteiger partial charge in [-0.2, -0.15) is 5.10 Å². The average molecular weight is 233 g/mol. The molecule has 2 nitrogen and oxygen atoms in total. The van der Waals surface area contributed by atoms with Crippen LogP contribution >= 0.6 is 27.5 Å². The van der Waals surface area contributed by atoms with Crippen molar-refractivity contribution >= 4 is 33.7 Å². The summed E-state index contributed by atoms with van der Waals surface area (Å²) in [6.45, 7) is 0. The molecule has 0 heterocycles. The number of benzene rings is 1. The molecule has 0 aliphatic rings. The van der Waals surface area contributed by atoms with Gasteiger partial charge in [0.1, 0.15) is 0 Å². The van der Waals surface area contributed by atoms with Gasteiger partial charge in [-0.1, -0.05) is 27.5 Å². The largest absolute Gasteiger partial charge is 0.323 e. The van der Waals surface area contributed by atoms with E-state index in [2.05, 4.69) is 21.0 Å². The highest BCUT2D eigenvalue weighted by Crippen LogP contribution is 2.19. The molecule has 1 rings (SSSR count). The van der Waals surface area contributed by atoms with Crippen LogP contribution in [0.5, 0.6) is 0 Å². The SMILES string of the molecule is N/N=C/c1cc(Cl)ccc1Br. The van der Waals surface area contributed by atoms with Crippen LogP contribution in [-0.4, -0.2) is 6.21 Å². The van der Waals surface area contributed by atoms with Crippen LogP contribution < -0.4 is 5.84 Å². The van der Waals surface area contributed by atoms with E-state index in [1.54, 1.807) is 12.1 Å². The zero-order chi connectivity index (χ0) is 8.27. The van der Waals surface area contributed by atoms with Gasteiger partial charge in [0.2, 0.25) is 0 Å². The maximum Gasteiger partial charge on any atom is 0.0549 e. The molecule has 58 valence electrons. The first-order valence-electron chi connectivity index (χ1n) is 2.92. The number of nitrogens with two attached hydrogens (primary N) is 1. The summed E-state index contributed by atoms with van der Waals surface area (Å²) >= 11 is 9.06. The number of hydrogen-bond acceptors (Lipinski definition) is 2. The van der Waals surface area contributed by atoms with Gasteiger partial charge in [0, 0.05) is 15.1 Å². The smallest absolute Gasteiger partial charge is 0.0549 e. The fourth-order valence-corrected chi connectivity index (χ4v) is 1.22. The first-order chi connectivity index (χ1) is 5.24. The standard InChI is InChI=1S/C7H6BrClN2/c8-7-2-1-6(9)3-5(7)4-11-10/h1-4H,10H2/b11-4+. The third-order valence-corrected chi connectivity index (χ3v) is 2.13. The van der Waals surface area contributed by atoms with Crippen LogP contribution in [0.1, 0.15) is 5.56 Å². The third kappa shape index (κ3) is 2.20. The minimum Gasteiger partial charge on any atom is -0.323 e. The lowest BCUT2D eigenvalue weighted by molar-refractivity contribution is 1.26. The molecule has 11 heavy (non-hydrogen) atoms. The lowest BCUT2D eigenvalue weighted by atomic mass is 10.2. The molecule has 0 aliphatic carbocycles. The molecule has 1 aromatic rings. The topological polar surface area (TPSA) is 38.4 Å². The van der Waals surface area contributed by atoms with Crippen LogP contribution in [0.15, 0.2) is 27.8 Å². The van der Waals surface area contributed by atoms with E-state index in [0.29, 0.717) is 5.02 Å². The Hall–Kier alpha value is -0.540. The van der Waals surface area contributed by atoms with Crippen molar-refractivity contribution in [2.45, 2.75) is 0 Å². The molecule has 0 fully saturated rings. The molecule has 0 saturated heterocycles. The molecule has 0 amide bonds. The van der Waals surface area contributed by atoms with Crippen molar-refractivity contribution in [3.8, 4) is 0 Å². The summed E-state index contributed by atoms with van der Waals surface area (Å²) in [6, 6.07) is 5.42. The van der Waals surface area contributed by atoms with E-state index in [-0.39, 0.29) is 0 Å². The summed E-state index contributed by atoms with van der Waals surface area (Å²) in [7, 11) is 0. The highest BCUT2D eigenvalue weighted by molar-refractivity contribution is 9.10. The van der Waals surface area contributed by atoms with Gasteiger partial charge in [-0.05, 0) is 18.2 Å². The fraction of sp³-hybridized carbons (Fsp3) is 0. The van der Waals surface area contributed by atoms with Crippen LogP contribution in [0.3, 0.4) is 0 Å². The summed E-state index contributed by atoms with van der Waals surface area (Å²) in [6.07, 6.45) is 1.54. The van der Waals surface area contributed by atoms with E-state index in [0.717, 1.165) is 10.0 Å². The molecular weight excluding hydrogens is 227 g/mol. The molecule has 0 bridgehead atoms. The summed E-state index contributed by atoms with van der Waals surface area (Å²) in [4.78, 5) is 0. The molecule has 0 spiro atoms. The van der Waals surface area contributed by atoms with Crippen LogP contribution in [0, 0.1) is 0 Å². The lowest BCUT2D eigenvalue weighted by Gasteiger charge is -1.96.